The van der Waals surface area contributed by atoms with Crippen molar-refractivity contribution < 1.29 is 17.6 Å². The average Bonchev–Trinajstić information content (AvgIpc) is 2.92. The van der Waals surface area contributed by atoms with Gasteiger partial charge >= 0.3 is 0 Å². The van der Waals surface area contributed by atoms with Crippen LogP contribution in [0.1, 0.15) is 24.8 Å². The molecule has 2 aliphatic rings. The third kappa shape index (κ3) is 3.12. The molecule has 4 rings (SSSR count). The first-order valence-electron chi connectivity index (χ1n) is 8.89. The van der Waals surface area contributed by atoms with Crippen LogP contribution in [0.4, 0.5) is 10.1 Å². The second-order valence-corrected chi connectivity index (χ2v) is 8.54. The molecule has 2 aromatic carbocycles. The van der Waals surface area contributed by atoms with Gasteiger partial charge in [-0.3, -0.25) is 4.79 Å². The molecule has 1 saturated heterocycles. The fraction of sp³-hybridized carbons (Fsp3) is 0.250. The van der Waals surface area contributed by atoms with E-state index in [2.05, 4.69) is 5.32 Å². The molecule has 0 spiro atoms. The molecule has 5 nitrogen and oxygen atoms in total. The molecule has 27 heavy (non-hydrogen) atoms. The number of nitrogens with zero attached hydrogens (tertiary/aromatic N) is 1. The second-order valence-electron chi connectivity index (χ2n) is 6.69. The molecule has 1 N–H and O–H groups in total. The van der Waals surface area contributed by atoms with Crippen molar-refractivity contribution in [3.05, 3.63) is 64.8 Å². The highest BCUT2D eigenvalue weighted by Gasteiger charge is 2.42. The smallest absolute Gasteiger partial charge is 0.269 e. The number of halogens is 1. The average molecular weight is 386 g/mol. The van der Waals surface area contributed by atoms with E-state index >= 15 is 0 Å². The van der Waals surface area contributed by atoms with Gasteiger partial charge in [-0.2, -0.15) is 0 Å². The second kappa shape index (κ2) is 6.81. The van der Waals surface area contributed by atoms with Crippen LogP contribution in [-0.2, 0) is 14.6 Å². The molecule has 7 heteroatoms. The van der Waals surface area contributed by atoms with E-state index in [9.17, 15) is 17.6 Å². The molecular formula is C20H19FN2O3S. The molecule has 0 aromatic heterocycles. The number of hydrogen-bond acceptors (Lipinski definition) is 4. The lowest BCUT2D eigenvalue weighted by molar-refractivity contribution is -0.112. The molecule has 140 valence electrons. The monoisotopic (exact) mass is 386 g/mol. The summed E-state index contributed by atoms with van der Waals surface area (Å²) in [7, 11) is -3.92. The summed E-state index contributed by atoms with van der Waals surface area (Å²) in [5.74, 6) is -1.12. The third-order valence-electron chi connectivity index (χ3n) is 4.90. The Kier molecular flexibility index (Phi) is 4.47. The molecular weight excluding hydrogens is 367 g/mol. The molecule has 0 aliphatic carbocycles. The lowest BCUT2D eigenvalue weighted by atomic mass is 10.1. The molecule has 2 aromatic rings. The number of anilines is 1. The van der Waals surface area contributed by atoms with E-state index in [1.54, 1.807) is 18.2 Å². The molecule has 1 amide bonds. The minimum atomic E-state index is -3.92. The van der Waals surface area contributed by atoms with Gasteiger partial charge in [0.2, 0.25) is 9.84 Å². The Hall–Kier alpha value is -2.67. The van der Waals surface area contributed by atoms with Gasteiger partial charge in [-0.05, 0) is 49.6 Å². The number of sulfone groups is 1. The van der Waals surface area contributed by atoms with Crippen LogP contribution >= 0.6 is 0 Å². The first-order valence-corrected chi connectivity index (χ1v) is 10.4. The van der Waals surface area contributed by atoms with E-state index in [1.165, 1.54) is 30.3 Å². The maximum absolute atomic E-state index is 13.1. The van der Waals surface area contributed by atoms with Crippen LogP contribution in [0.3, 0.4) is 0 Å². The van der Waals surface area contributed by atoms with E-state index in [4.69, 9.17) is 0 Å². The van der Waals surface area contributed by atoms with Gasteiger partial charge in [-0.25, -0.2) is 12.8 Å². The number of piperidine rings is 1. The summed E-state index contributed by atoms with van der Waals surface area (Å²) < 4.78 is 39.3. The van der Waals surface area contributed by atoms with Gasteiger partial charge in [-0.15, -0.1) is 0 Å². The SMILES string of the molecule is O=C(Nc1ccc(F)cc1)C1=C(N2CCCCC2)c2ccccc2S1(=O)=O. The zero-order valence-corrected chi connectivity index (χ0v) is 15.4. The first kappa shape index (κ1) is 17.7. The van der Waals surface area contributed by atoms with Crippen LogP contribution in [0.5, 0.6) is 0 Å². The molecule has 2 heterocycles. The largest absolute Gasteiger partial charge is 0.370 e. The predicted molar refractivity (Wildman–Crippen MR) is 101 cm³/mol. The fourth-order valence-electron chi connectivity index (χ4n) is 3.64. The summed E-state index contributed by atoms with van der Waals surface area (Å²) in [6.45, 7) is 1.43. The molecule has 1 fully saturated rings. The lowest BCUT2D eigenvalue weighted by Crippen LogP contribution is -2.30. The summed E-state index contributed by atoms with van der Waals surface area (Å²) in [6.07, 6.45) is 3.01. The van der Waals surface area contributed by atoms with Gasteiger partial charge in [0.15, 0.2) is 4.91 Å². The van der Waals surface area contributed by atoms with Gasteiger partial charge in [-0.1, -0.05) is 18.2 Å². The first-order chi connectivity index (χ1) is 13.0. The van der Waals surface area contributed by atoms with E-state index in [0.29, 0.717) is 30.0 Å². The van der Waals surface area contributed by atoms with Crippen LogP contribution in [0.15, 0.2) is 58.3 Å². The number of rotatable bonds is 3. The quantitative estimate of drug-likeness (QED) is 0.878. The summed E-state index contributed by atoms with van der Waals surface area (Å²) in [6, 6.07) is 12.0. The number of nitrogens with one attached hydrogen (secondary N) is 1. The Morgan fingerprint density at radius 2 is 1.63 bits per heavy atom. The maximum Gasteiger partial charge on any atom is 0.269 e. The minimum Gasteiger partial charge on any atom is -0.370 e. The van der Waals surface area contributed by atoms with Crippen molar-refractivity contribution in [1.29, 1.82) is 0 Å². The van der Waals surface area contributed by atoms with Gasteiger partial charge < -0.3 is 10.2 Å². The number of hydrogen-bond donors (Lipinski definition) is 1. The topological polar surface area (TPSA) is 66.5 Å². The summed E-state index contributed by atoms with van der Waals surface area (Å²) in [5, 5.41) is 2.60. The van der Waals surface area contributed by atoms with Crippen LogP contribution in [-0.4, -0.2) is 32.3 Å². The summed E-state index contributed by atoms with van der Waals surface area (Å²) >= 11 is 0. The van der Waals surface area contributed by atoms with Crippen LogP contribution < -0.4 is 5.32 Å². The fourth-order valence-corrected chi connectivity index (χ4v) is 5.36. The number of benzene rings is 2. The third-order valence-corrected chi connectivity index (χ3v) is 6.75. The highest BCUT2D eigenvalue weighted by Crippen LogP contribution is 2.42. The Morgan fingerprint density at radius 3 is 2.33 bits per heavy atom. The minimum absolute atomic E-state index is 0.162. The van der Waals surface area contributed by atoms with Gasteiger partial charge in [0.25, 0.3) is 5.91 Å². The number of carbonyl (C=O) groups is 1. The molecule has 2 aliphatic heterocycles. The number of amides is 1. The van der Waals surface area contributed by atoms with Crippen LogP contribution in [0.2, 0.25) is 0 Å². The van der Waals surface area contributed by atoms with Crippen molar-refractivity contribution >= 4 is 27.1 Å². The zero-order chi connectivity index (χ0) is 19.0. The van der Waals surface area contributed by atoms with Gasteiger partial charge in [0, 0.05) is 24.3 Å². The van der Waals surface area contributed by atoms with E-state index in [1.807, 2.05) is 4.90 Å². The lowest BCUT2D eigenvalue weighted by Gasteiger charge is -2.30. The number of carbonyl (C=O) groups excluding carboxylic acids is 1. The van der Waals surface area contributed by atoms with Crippen molar-refractivity contribution in [2.75, 3.05) is 18.4 Å². The van der Waals surface area contributed by atoms with Crippen LogP contribution in [0.25, 0.3) is 5.70 Å². The maximum atomic E-state index is 13.1. The van der Waals surface area contributed by atoms with E-state index in [-0.39, 0.29) is 9.80 Å². The predicted octanol–water partition coefficient (Wildman–Crippen LogP) is 3.41. The standard InChI is InChI=1S/C20H19FN2O3S/c21-14-8-10-15(11-9-14)22-20(24)19-18(23-12-4-1-5-13-23)16-6-2-3-7-17(16)27(19,25)26/h2-3,6-11H,1,4-5,12-13H2,(H,22,24). The van der Waals surface area contributed by atoms with Crippen molar-refractivity contribution in [2.24, 2.45) is 0 Å². The van der Waals surface area contributed by atoms with Crippen molar-refractivity contribution in [1.82, 2.24) is 4.90 Å². The highest BCUT2D eigenvalue weighted by atomic mass is 32.2. The van der Waals surface area contributed by atoms with Gasteiger partial charge in [0.05, 0.1) is 10.6 Å². The summed E-state index contributed by atoms with van der Waals surface area (Å²) in [5.41, 5.74) is 1.40. The Morgan fingerprint density at radius 1 is 0.963 bits per heavy atom. The normalized spacial score (nSPS) is 18.3. The Labute approximate surface area is 157 Å². The molecule has 0 saturated carbocycles. The Bertz CT molecular complexity index is 1020. The molecule has 0 unspecified atom stereocenters. The molecule has 0 atom stereocenters. The molecule has 0 bridgehead atoms. The van der Waals surface area contributed by atoms with E-state index in [0.717, 1.165) is 19.3 Å². The van der Waals surface area contributed by atoms with Crippen molar-refractivity contribution in [3.8, 4) is 0 Å². The van der Waals surface area contributed by atoms with Crippen molar-refractivity contribution in [2.45, 2.75) is 24.2 Å². The van der Waals surface area contributed by atoms with Gasteiger partial charge in [0.1, 0.15) is 5.82 Å². The van der Waals surface area contributed by atoms with Crippen molar-refractivity contribution in [3.63, 3.8) is 0 Å². The summed E-state index contributed by atoms with van der Waals surface area (Å²) in [4.78, 5) is 14.9. The van der Waals surface area contributed by atoms with E-state index < -0.39 is 21.6 Å². The Balaban J connectivity index is 1.80. The van der Waals surface area contributed by atoms with Crippen LogP contribution in [0, 0.1) is 5.82 Å². The molecule has 0 radical (unpaired) electrons. The number of fused-ring (bicyclic) bond motifs is 1. The zero-order valence-electron chi connectivity index (χ0n) is 14.6. The number of likely N-dealkylation sites (tertiary alicyclic amines) is 1. The highest BCUT2D eigenvalue weighted by molar-refractivity contribution is 7.97.